The number of H-pyrrole nitrogens is 1. The van der Waals surface area contributed by atoms with Gasteiger partial charge in [-0.05, 0) is 32.3 Å². The van der Waals surface area contributed by atoms with Crippen molar-refractivity contribution in [1.82, 2.24) is 20.6 Å². The summed E-state index contributed by atoms with van der Waals surface area (Å²) in [6, 6.07) is 1.31. The minimum atomic E-state index is -0.455. The highest BCUT2D eigenvalue weighted by atomic mass is 32.1. The highest BCUT2D eigenvalue weighted by Gasteiger charge is 2.23. The fourth-order valence-electron chi connectivity index (χ4n) is 2.48. The van der Waals surface area contributed by atoms with Crippen molar-refractivity contribution in [2.45, 2.75) is 32.2 Å². The van der Waals surface area contributed by atoms with Gasteiger partial charge < -0.3 is 15.6 Å². The molecule has 1 aliphatic rings. The minimum absolute atomic E-state index is 0.104. The topological polar surface area (TPSA) is 86.9 Å². The average molecular weight is 318 g/mol. The second-order valence-corrected chi connectivity index (χ2v) is 6.43. The molecule has 1 saturated heterocycles. The predicted octanol–water partition coefficient (Wildman–Crippen LogP) is 1.85. The van der Waals surface area contributed by atoms with Gasteiger partial charge in [0.1, 0.15) is 11.7 Å². The smallest absolute Gasteiger partial charge is 0.268 e. The van der Waals surface area contributed by atoms with Crippen LogP contribution in [0.3, 0.4) is 0 Å². The molecule has 0 aliphatic carbocycles. The van der Waals surface area contributed by atoms with E-state index in [4.69, 9.17) is 0 Å². The molecule has 0 spiro atoms. The lowest BCUT2D eigenvalue weighted by Gasteiger charge is -2.14. The quantitative estimate of drug-likeness (QED) is 0.807. The van der Waals surface area contributed by atoms with Crippen molar-refractivity contribution in [2.24, 2.45) is 0 Å². The van der Waals surface area contributed by atoms with E-state index in [0.717, 1.165) is 29.1 Å². The van der Waals surface area contributed by atoms with Crippen molar-refractivity contribution < 1.29 is 9.59 Å². The van der Waals surface area contributed by atoms with Crippen molar-refractivity contribution >= 4 is 23.2 Å². The molecule has 7 heteroatoms. The van der Waals surface area contributed by atoms with Crippen LogP contribution in [-0.4, -0.2) is 34.4 Å². The molecule has 2 amide bonds. The Labute approximate surface area is 132 Å². The molecular formula is C15H18N4O2S. The molecular weight excluding hydrogens is 300 g/mol. The number of carbonyl (C=O) groups is 2. The Hall–Kier alpha value is -2.15. The highest BCUT2D eigenvalue weighted by molar-refractivity contribution is 7.09. The number of carbonyl (C=O) groups excluding carboxylic acids is 2. The molecule has 2 aromatic heterocycles. The van der Waals surface area contributed by atoms with Crippen molar-refractivity contribution in [3.8, 4) is 11.3 Å². The molecule has 1 fully saturated rings. The molecule has 3 heterocycles. The predicted molar refractivity (Wildman–Crippen MR) is 84.8 cm³/mol. The van der Waals surface area contributed by atoms with E-state index < -0.39 is 6.04 Å². The van der Waals surface area contributed by atoms with E-state index in [1.807, 2.05) is 12.3 Å². The largest absolute Gasteiger partial charge is 0.357 e. The summed E-state index contributed by atoms with van der Waals surface area (Å²) in [4.78, 5) is 31.5. The lowest BCUT2D eigenvalue weighted by atomic mass is 10.1. The molecule has 1 atom stereocenters. The molecule has 0 aromatic carbocycles. The molecule has 3 rings (SSSR count). The third kappa shape index (κ3) is 3.19. The minimum Gasteiger partial charge on any atom is -0.357 e. The monoisotopic (exact) mass is 318 g/mol. The van der Waals surface area contributed by atoms with E-state index in [9.17, 15) is 9.59 Å². The summed E-state index contributed by atoms with van der Waals surface area (Å²) < 4.78 is 0. The van der Waals surface area contributed by atoms with Crippen LogP contribution in [0.15, 0.2) is 17.6 Å². The van der Waals surface area contributed by atoms with Gasteiger partial charge in [0.15, 0.2) is 0 Å². The van der Waals surface area contributed by atoms with Crippen LogP contribution in [-0.2, 0) is 4.79 Å². The van der Waals surface area contributed by atoms with Gasteiger partial charge in [0, 0.05) is 23.7 Å². The first-order valence-corrected chi connectivity index (χ1v) is 8.21. The van der Waals surface area contributed by atoms with Gasteiger partial charge in [0.25, 0.3) is 5.91 Å². The van der Waals surface area contributed by atoms with Crippen molar-refractivity contribution in [2.75, 3.05) is 6.54 Å². The Kier molecular flexibility index (Phi) is 4.24. The summed E-state index contributed by atoms with van der Waals surface area (Å²) in [6.07, 6.45) is 4.32. The maximum Gasteiger partial charge on any atom is 0.268 e. The van der Waals surface area contributed by atoms with Crippen LogP contribution >= 0.6 is 11.3 Å². The molecule has 22 heavy (non-hydrogen) atoms. The molecule has 116 valence electrons. The van der Waals surface area contributed by atoms with Gasteiger partial charge in [-0.25, -0.2) is 4.98 Å². The second-order valence-electron chi connectivity index (χ2n) is 5.37. The molecule has 6 nitrogen and oxygen atoms in total. The zero-order valence-corrected chi connectivity index (χ0v) is 13.1. The highest BCUT2D eigenvalue weighted by Crippen LogP contribution is 2.22. The Morgan fingerprint density at radius 3 is 3.09 bits per heavy atom. The Balaban J connectivity index is 1.70. The number of hydrogen-bond acceptors (Lipinski definition) is 4. The van der Waals surface area contributed by atoms with Gasteiger partial charge in [-0.15, -0.1) is 11.3 Å². The van der Waals surface area contributed by atoms with Gasteiger partial charge in [0.05, 0.1) is 10.7 Å². The molecule has 1 aliphatic heterocycles. The van der Waals surface area contributed by atoms with Crippen molar-refractivity contribution in [3.63, 3.8) is 0 Å². The Bertz CT molecular complexity index is 691. The first-order valence-electron chi connectivity index (χ1n) is 7.33. The number of nitrogens with zero attached hydrogens (tertiary/aromatic N) is 1. The first kappa shape index (κ1) is 14.8. The number of amides is 2. The van der Waals surface area contributed by atoms with E-state index in [1.165, 1.54) is 0 Å². The number of aromatic nitrogens is 2. The second kappa shape index (κ2) is 6.31. The molecule has 0 saturated carbocycles. The maximum absolute atomic E-state index is 12.3. The van der Waals surface area contributed by atoms with Crippen molar-refractivity contribution in [1.29, 1.82) is 0 Å². The standard InChI is InChI=1S/C15H18N4O2S/c1-9-18-13(8-22-9)10-6-12(17-7-10)15(21)19-11-4-2-3-5-16-14(11)20/h6-8,11,17H,2-5H2,1H3,(H,16,20)(H,19,21)/t11-/m1/s1. The van der Waals surface area contributed by atoms with Gasteiger partial charge >= 0.3 is 0 Å². The molecule has 3 N–H and O–H groups in total. The summed E-state index contributed by atoms with van der Waals surface area (Å²) >= 11 is 1.57. The summed E-state index contributed by atoms with van der Waals surface area (Å²) in [7, 11) is 0. The number of nitrogens with one attached hydrogen (secondary N) is 3. The van der Waals surface area contributed by atoms with Crippen LogP contribution in [0.4, 0.5) is 0 Å². The normalized spacial score (nSPS) is 18.6. The summed E-state index contributed by atoms with van der Waals surface area (Å²) in [5.74, 6) is -0.368. The van der Waals surface area contributed by atoms with Crippen molar-refractivity contribution in [3.05, 3.63) is 28.3 Å². The van der Waals surface area contributed by atoms with E-state index in [0.29, 0.717) is 18.7 Å². The zero-order chi connectivity index (χ0) is 15.5. The Morgan fingerprint density at radius 1 is 1.45 bits per heavy atom. The summed E-state index contributed by atoms with van der Waals surface area (Å²) in [6.45, 7) is 2.63. The maximum atomic E-state index is 12.3. The third-order valence-electron chi connectivity index (χ3n) is 3.68. The van der Waals surface area contributed by atoms with E-state index >= 15 is 0 Å². The fourth-order valence-corrected chi connectivity index (χ4v) is 3.10. The van der Waals surface area contributed by atoms with Gasteiger partial charge in [0.2, 0.25) is 5.91 Å². The molecule has 0 bridgehead atoms. The zero-order valence-electron chi connectivity index (χ0n) is 12.3. The van der Waals surface area contributed by atoms with Crippen LogP contribution in [0, 0.1) is 6.92 Å². The number of thiazole rings is 1. The average Bonchev–Trinajstić information content (AvgIpc) is 3.09. The lowest BCUT2D eigenvalue weighted by molar-refractivity contribution is -0.122. The Morgan fingerprint density at radius 2 is 2.32 bits per heavy atom. The summed E-state index contributed by atoms with van der Waals surface area (Å²) in [5, 5.41) is 8.55. The third-order valence-corrected chi connectivity index (χ3v) is 4.46. The van der Waals surface area contributed by atoms with Gasteiger partial charge in [-0.3, -0.25) is 9.59 Å². The number of hydrogen-bond donors (Lipinski definition) is 3. The van der Waals surface area contributed by atoms with E-state index in [-0.39, 0.29) is 11.8 Å². The van der Waals surface area contributed by atoms with Crippen LogP contribution in [0.25, 0.3) is 11.3 Å². The molecule has 0 unspecified atom stereocenters. The number of aromatic amines is 1. The molecule has 2 aromatic rings. The van der Waals surface area contributed by atoms with Crippen LogP contribution in [0.2, 0.25) is 0 Å². The molecule has 0 radical (unpaired) electrons. The lowest BCUT2D eigenvalue weighted by Crippen LogP contribution is -2.45. The van der Waals surface area contributed by atoms with Crippen LogP contribution in [0.1, 0.15) is 34.8 Å². The van der Waals surface area contributed by atoms with Crippen LogP contribution < -0.4 is 10.6 Å². The number of aryl methyl sites for hydroxylation is 1. The van der Waals surface area contributed by atoms with E-state index in [2.05, 4.69) is 20.6 Å². The fraction of sp³-hybridized carbons (Fsp3) is 0.400. The van der Waals surface area contributed by atoms with Gasteiger partial charge in [-0.2, -0.15) is 0 Å². The van der Waals surface area contributed by atoms with E-state index in [1.54, 1.807) is 23.6 Å². The van der Waals surface area contributed by atoms with Gasteiger partial charge in [-0.1, -0.05) is 0 Å². The number of rotatable bonds is 3. The first-order chi connectivity index (χ1) is 10.6. The summed E-state index contributed by atoms with van der Waals surface area (Å²) in [5.41, 5.74) is 2.17. The SMILES string of the molecule is Cc1nc(-c2c[nH]c(C(=O)N[C@@H]3CCCCNC3=O)c2)cs1. The van der Waals surface area contributed by atoms with Crippen LogP contribution in [0.5, 0.6) is 0 Å².